The topological polar surface area (TPSA) is 0 Å². The minimum absolute atomic E-state index is 0. The Morgan fingerprint density at radius 1 is 0.526 bits per heavy atom. The Bertz CT molecular complexity index is 377. The van der Waals surface area contributed by atoms with E-state index in [1.807, 2.05) is 0 Å². The summed E-state index contributed by atoms with van der Waals surface area (Å²) in [4.78, 5) is 0. The van der Waals surface area contributed by atoms with Gasteiger partial charge in [0.2, 0.25) is 0 Å². The summed E-state index contributed by atoms with van der Waals surface area (Å²) in [5.74, 6) is 0. The second-order valence-electron chi connectivity index (χ2n) is 4.99. The van der Waals surface area contributed by atoms with Crippen LogP contribution in [-0.2, 0) is 21.7 Å². The quantitative estimate of drug-likeness (QED) is 0.474. The molecule has 0 aliphatic heterocycles. The van der Waals surface area contributed by atoms with Crippen molar-refractivity contribution in [1.82, 2.24) is 0 Å². The van der Waals surface area contributed by atoms with E-state index in [0.29, 0.717) is 0 Å². The molecule has 0 aromatic heterocycles. The smallest absolute Gasteiger partial charge is 0.199 e. The van der Waals surface area contributed by atoms with Gasteiger partial charge in [-0.05, 0) is 0 Å². The molecule has 0 amide bonds. The first-order chi connectivity index (χ1) is 8.36. The Morgan fingerprint density at radius 3 is 0.895 bits per heavy atom. The van der Waals surface area contributed by atoms with Crippen LogP contribution < -0.4 is 0 Å². The normalized spacial score (nSPS) is 9.05. The third kappa shape index (κ3) is 7.15. The van der Waals surface area contributed by atoms with Gasteiger partial charge in [-0.3, -0.25) is 0 Å². The van der Waals surface area contributed by atoms with Gasteiger partial charge >= 0.3 is 21.7 Å². The van der Waals surface area contributed by atoms with Gasteiger partial charge in [0.1, 0.15) is 0 Å². The Kier molecular flexibility index (Phi) is 7.67. The van der Waals surface area contributed by atoms with Gasteiger partial charge in [-0.2, -0.15) is 49.2 Å². The van der Waals surface area contributed by atoms with E-state index in [4.69, 9.17) is 0 Å². The van der Waals surface area contributed by atoms with Crippen LogP contribution in [0.2, 0.25) is 0 Å². The molecular formula is C18H22Ti. The molecule has 0 bridgehead atoms. The largest absolute Gasteiger partial charge is 2.00 e. The van der Waals surface area contributed by atoms with Crippen LogP contribution in [0.1, 0.15) is 33.4 Å². The van der Waals surface area contributed by atoms with Gasteiger partial charge in [-0.1, -0.05) is 39.8 Å². The van der Waals surface area contributed by atoms with Gasteiger partial charge in [0.05, 0.1) is 0 Å². The molecule has 2 aromatic rings. The van der Waals surface area contributed by atoms with Gasteiger partial charge in [-0.15, -0.1) is 22.3 Å². The number of rotatable bonds is 0. The van der Waals surface area contributed by atoms with Crippen molar-refractivity contribution in [2.45, 2.75) is 27.7 Å². The molecule has 0 atom stereocenters. The number of benzene rings is 2. The minimum atomic E-state index is 0. The van der Waals surface area contributed by atoms with Crippen molar-refractivity contribution in [2.75, 3.05) is 0 Å². The third-order valence-corrected chi connectivity index (χ3v) is 2.56. The van der Waals surface area contributed by atoms with Crippen LogP contribution in [0.3, 0.4) is 0 Å². The summed E-state index contributed by atoms with van der Waals surface area (Å²) in [6, 6.07) is 12.6. The summed E-state index contributed by atoms with van der Waals surface area (Å²) in [5.41, 5.74) is 7.38. The van der Waals surface area contributed by atoms with E-state index in [1.54, 1.807) is 0 Å². The Hall–Kier alpha value is -1.11. The number of hydrogen-bond donors (Lipinski definition) is 0. The van der Waals surface area contributed by atoms with Crippen LogP contribution in [0.15, 0.2) is 36.4 Å². The maximum absolute atomic E-state index is 3.84. The first kappa shape index (κ1) is 17.9. The van der Waals surface area contributed by atoms with Crippen LogP contribution >= 0.6 is 0 Å². The minimum Gasteiger partial charge on any atom is -0.199 e. The molecule has 98 valence electrons. The van der Waals surface area contributed by atoms with Gasteiger partial charge in [0.25, 0.3) is 0 Å². The van der Waals surface area contributed by atoms with Gasteiger partial charge < -0.3 is 0 Å². The standard InChI is InChI=1S/2C9H11.Ti/c2*1-7-4-8(2)6-9(3)5-7;/h2*4-6H,1H2,2-3H3;/q2*-1;+2. The zero-order valence-corrected chi connectivity index (χ0v) is 13.9. The molecule has 0 N–H and O–H groups in total. The van der Waals surface area contributed by atoms with Crippen molar-refractivity contribution in [3.63, 3.8) is 0 Å². The Balaban J connectivity index is 0.000000324. The van der Waals surface area contributed by atoms with Gasteiger partial charge in [-0.25, -0.2) is 0 Å². The summed E-state index contributed by atoms with van der Waals surface area (Å²) < 4.78 is 0. The fourth-order valence-corrected chi connectivity index (χ4v) is 2.14. The van der Waals surface area contributed by atoms with E-state index >= 15 is 0 Å². The average molecular weight is 286 g/mol. The predicted molar refractivity (Wildman–Crippen MR) is 80.8 cm³/mol. The summed E-state index contributed by atoms with van der Waals surface area (Å²) in [5, 5.41) is 0. The summed E-state index contributed by atoms with van der Waals surface area (Å²) in [7, 11) is 0. The molecule has 0 saturated carbocycles. The van der Waals surface area contributed by atoms with E-state index in [0.717, 1.165) is 11.1 Å². The van der Waals surface area contributed by atoms with Crippen LogP contribution in [0.4, 0.5) is 0 Å². The third-order valence-electron chi connectivity index (χ3n) is 2.56. The fraction of sp³-hybridized carbons (Fsp3) is 0.222. The van der Waals surface area contributed by atoms with Gasteiger partial charge in [0.15, 0.2) is 0 Å². The fourth-order valence-electron chi connectivity index (χ4n) is 2.14. The van der Waals surface area contributed by atoms with Gasteiger partial charge in [0, 0.05) is 0 Å². The van der Waals surface area contributed by atoms with Crippen molar-refractivity contribution < 1.29 is 21.7 Å². The van der Waals surface area contributed by atoms with E-state index in [1.165, 1.54) is 22.3 Å². The van der Waals surface area contributed by atoms with Crippen LogP contribution in [0.25, 0.3) is 0 Å². The maximum Gasteiger partial charge on any atom is 2.00 e. The molecule has 0 saturated heterocycles. The van der Waals surface area contributed by atoms with E-state index < -0.39 is 0 Å². The van der Waals surface area contributed by atoms with Crippen molar-refractivity contribution in [1.29, 1.82) is 0 Å². The number of hydrogen-bond acceptors (Lipinski definition) is 0. The molecule has 2 aromatic carbocycles. The summed E-state index contributed by atoms with van der Waals surface area (Å²) >= 11 is 0. The molecule has 1 heteroatoms. The Morgan fingerprint density at radius 2 is 0.737 bits per heavy atom. The van der Waals surface area contributed by atoms with E-state index in [2.05, 4.69) is 77.9 Å². The van der Waals surface area contributed by atoms with Crippen molar-refractivity contribution in [3.05, 3.63) is 83.6 Å². The first-order valence-corrected chi connectivity index (χ1v) is 6.17. The Labute approximate surface area is 133 Å². The molecule has 0 aliphatic carbocycles. The second-order valence-corrected chi connectivity index (χ2v) is 4.99. The molecule has 0 unspecified atom stereocenters. The van der Waals surface area contributed by atoms with Crippen molar-refractivity contribution >= 4 is 0 Å². The molecule has 0 radical (unpaired) electrons. The molecule has 0 aliphatic rings. The molecule has 0 heterocycles. The molecule has 19 heavy (non-hydrogen) atoms. The van der Waals surface area contributed by atoms with E-state index in [-0.39, 0.29) is 21.7 Å². The summed E-state index contributed by atoms with van der Waals surface area (Å²) in [6.45, 7) is 16.0. The van der Waals surface area contributed by atoms with Crippen molar-refractivity contribution in [3.8, 4) is 0 Å². The SMILES string of the molecule is [CH2-]c1cc(C)cc(C)c1.[CH2-]c1cc(C)cc(C)c1.[Ti+2]. The maximum atomic E-state index is 3.84. The van der Waals surface area contributed by atoms with Crippen LogP contribution in [0, 0.1) is 41.5 Å². The van der Waals surface area contributed by atoms with Crippen LogP contribution in [-0.4, -0.2) is 0 Å². The average Bonchev–Trinajstić information content (AvgIpc) is 2.12. The molecule has 0 fully saturated rings. The van der Waals surface area contributed by atoms with Crippen molar-refractivity contribution in [2.24, 2.45) is 0 Å². The van der Waals surface area contributed by atoms with E-state index in [9.17, 15) is 0 Å². The second kappa shape index (κ2) is 8.14. The summed E-state index contributed by atoms with van der Waals surface area (Å²) in [6.07, 6.45) is 0. The zero-order valence-electron chi connectivity index (χ0n) is 12.4. The molecule has 0 spiro atoms. The zero-order chi connectivity index (χ0) is 13.7. The predicted octanol–water partition coefficient (Wildman–Crippen LogP) is 4.97. The molecule has 2 rings (SSSR count). The molecular weight excluding hydrogens is 264 g/mol. The first-order valence-electron chi connectivity index (χ1n) is 6.17. The number of aryl methyl sites for hydroxylation is 4. The van der Waals surface area contributed by atoms with Crippen LogP contribution in [0.5, 0.6) is 0 Å². The monoisotopic (exact) mass is 286 g/mol. The molecule has 0 nitrogen and oxygen atoms in total.